The fraction of sp³-hybridized carbons (Fsp3) is 0.462. The van der Waals surface area contributed by atoms with Gasteiger partial charge in [0.05, 0.1) is 12.3 Å². The molecule has 1 aromatic rings. The number of anilines is 1. The molecule has 21 heavy (non-hydrogen) atoms. The third-order valence-electron chi connectivity index (χ3n) is 3.23. The second kappa shape index (κ2) is 5.98. The van der Waals surface area contributed by atoms with E-state index in [0.717, 1.165) is 6.42 Å². The maximum atomic E-state index is 13.3. The summed E-state index contributed by atoms with van der Waals surface area (Å²) >= 11 is 0. The Hall–Kier alpha value is -1.67. The fourth-order valence-corrected chi connectivity index (χ4v) is 2.90. The van der Waals surface area contributed by atoms with E-state index in [2.05, 4.69) is 0 Å². The van der Waals surface area contributed by atoms with Crippen LogP contribution in [0.3, 0.4) is 0 Å². The van der Waals surface area contributed by atoms with E-state index in [1.807, 2.05) is 6.92 Å². The van der Waals surface area contributed by atoms with Gasteiger partial charge in [0.1, 0.15) is 16.8 Å². The van der Waals surface area contributed by atoms with Crippen LogP contribution in [0.1, 0.15) is 19.8 Å². The summed E-state index contributed by atoms with van der Waals surface area (Å²) < 4.78 is 41.5. The van der Waals surface area contributed by atoms with E-state index in [0.29, 0.717) is 12.3 Å². The van der Waals surface area contributed by atoms with Crippen LogP contribution in [0, 0.1) is 5.82 Å². The summed E-state index contributed by atoms with van der Waals surface area (Å²) in [5.41, 5.74) is 0.362. The fourth-order valence-electron chi connectivity index (χ4n) is 2.17. The van der Waals surface area contributed by atoms with Crippen molar-refractivity contribution in [3.05, 3.63) is 24.0 Å². The number of carbonyl (C=O) groups excluding carboxylic acids is 1. The molecule has 2 N–H and O–H groups in total. The molecule has 6 nitrogen and oxygen atoms in total. The number of nitrogens with zero attached hydrogens (tertiary/aromatic N) is 1. The smallest absolute Gasteiger partial charge is 0.228 e. The Labute approximate surface area is 122 Å². The standard InChI is InChI=1S/C13H17FN2O4S/c1-2-5-20-12-6-9(14)3-4-11(12)16-8-10(7-13(16)17)21(15,18)19/h3-4,6,10H,2,5,7-8H2,1H3,(H2,15,18,19). The molecule has 1 unspecified atom stereocenters. The van der Waals surface area contributed by atoms with Crippen LogP contribution in [-0.2, 0) is 14.8 Å². The number of hydrogen-bond donors (Lipinski definition) is 1. The van der Waals surface area contributed by atoms with Crippen molar-refractivity contribution >= 4 is 21.6 Å². The molecular formula is C13H17FN2O4S. The Morgan fingerprint density at radius 2 is 2.19 bits per heavy atom. The van der Waals surface area contributed by atoms with Gasteiger partial charge < -0.3 is 9.64 Å². The maximum absolute atomic E-state index is 13.3. The largest absolute Gasteiger partial charge is 0.491 e. The van der Waals surface area contributed by atoms with E-state index >= 15 is 0 Å². The number of benzene rings is 1. The number of hydrogen-bond acceptors (Lipinski definition) is 4. The molecule has 0 spiro atoms. The van der Waals surface area contributed by atoms with Crippen LogP contribution in [0.2, 0.25) is 0 Å². The maximum Gasteiger partial charge on any atom is 0.228 e. The van der Waals surface area contributed by atoms with Gasteiger partial charge in [-0.25, -0.2) is 17.9 Å². The first-order valence-corrected chi connectivity index (χ1v) is 8.18. The van der Waals surface area contributed by atoms with Crippen molar-refractivity contribution in [2.75, 3.05) is 18.1 Å². The molecule has 1 saturated heterocycles. The van der Waals surface area contributed by atoms with Crippen LogP contribution >= 0.6 is 0 Å². The van der Waals surface area contributed by atoms with E-state index in [1.165, 1.54) is 23.1 Å². The van der Waals surface area contributed by atoms with Crippen molar-refractivity contribution in [1.82, 2.24) is 0 Å². The second-order valence-electron chi connectivity index (χ2n) is 4.88. The lowest BCUT2D eigenvalue weighted by Gasteiger charge is -2.20. The molecule has 1 amide bonds. The highest BCUT2D eigenvalue weighted by Crippen LogP contribution is 2.33. The summed E-state index contributed by atoms with van der Waals surface area (Å²) in [7, 11) is -3.79. The number of carbonyl (C=O) groups is 1. The van der Waals surface area contributed by atoms with E-state index in [-0.39, 0.29) is 24.6 Å². The van der Waals surface area contributed by atoms with Gasteiger partial charge in [-0.15, -0.1) is 0 Å². The van der Waals surface area contributed by atoms with Crippen molar-refractivity contribution in [1.29, 1.82) is 0 Å². The monoisotopic (exact) mass is 316 g/mol. The third-order valence-corrected chi connectivity index (χ3v) is 4.47. The Kier molecular flexibility index (Phi) is 4.48. The molecule has 8 heteroatoms. The number of sulfonamides is 1. The summed E-state index contributed by atoms with van der Waals surface area (Å²) in [6.45, 7) is 2.22. The van der Waals surface area contributed by atoms with Gasteiger partial charge in [-0.1, -0.05) is 6.92 Å². The van der Waals surface area contributed by atoms with Crippen molar-refractivity contribution in [3.8, 4) is 5.75 Å². The molecule has 1 aliphatic heterocycles. The highest BCUT2D eigenvalue weighted by atomic mass is 32.2. The highest BCUT2D eigenvalue weighted by molar-refractivity contribution is 7.89. The van der Waals surface area contributed by atoms with Crippen LogP contribution in [0.4, 0.5) is 10.1 Å². The molecule has 1 heterocycles. The van der Waals surface area contributed by atoms with Crippen LogP contribution in [0.5, 0.6) is 5.75 Å². The minimum atomic E-state index is -3.79. The summed E-state index contributed by atoms with van der Waals surface area (Å²) in [5.74, 6) is -0.637. The molecule has 1 aliphatic rings. The van der Waals surface area contributed by atoms with Crippen LogP contribution < -0.4 is 14.8 Å². The molecule has 0 bridgehead atoms. The Balaban J connectivity index is 2.31. The number of nitrogens with two attached hydrogens (primary N) is 1. The van der Waals surface area contributed by atoms with Gasteiger partial charge in [0.2, 0.25) is 15.9 Å². The molecule has 0 aromatic heterocycles. The Morgan fingerprint density at radius 1 is 1.48 bits per heavy atom. The average Bonchev–Trinajstić information content (AvgIpc) is 2.78. The zero-order chi connectivity index (χ0) is 15.6. The number of primary sulfonamides is 1. The lowest BCUT2D eigenvalue weighted by Crippen LogP contribution is -2.32. The topological polar surface area (TPSA) is 89.7 Å². The van der Waals surface area contributed by atoms with Crippen molar-refractivity contribution in [2.24, 2.45) is 5.14 Å². The van der Waals surface area contributed by atoms with Crippen LogP contribution in [-0.4, -0.2) is 32.7 Å². The predicted octanol–water partition coefficient (Wildman–Crippen LogP) is 1.01. The van der Waals surface area contributed by atoms with E-state index in [4.69, 9.17) is 9.88 Å². The van der Waals surface area contributed by atoms with Crippen molar-refractivity contribution in [2.45, 2.75) is 25.0 Å². The molecule has 1 atom stereocenters. The van der Waals surface area contributed by atoms with Gasteiger partial charge >= 0.3 is 0 Å². The normalized spacial score (nSPS) is 19.1. The minimum absolute atomic E-state index is 0.0498. The van der Waals surface area contributed by atoms with E-state index in [1.54, 1.807) is 0 Å². The van der Waals surface area contributed by atoms with Gasteiger partial charge in [0, 0.05) is 19.0 Å². The quantitative estimate of drug-likeness (QED) is 0.878. The molecule has 1 aromatic carbocycles. The van der Waals surface area contributed by atoms with Crippen molar-refractivity contribution in [3.63, 3.8) is 0 Å². The van der Waals surface area contributed by atoms with Gasteiger partial charge in [-0.05, 0) is 18.6 Å². The first-order chi connectivity index (χ1) is 9.82. The zero-order valence-electron chi connectivity index (χ0n) is 11.6. The van der Waals surface area contributed by atoms with Gasteiger partial charge in [-0.3, -0.25) is 4.79 Å². The molecule has 2 rings (SSSR count). The van der Waals surface area contributed by atoms with Gasteiger partial charge in [-0.2, -0.15) is 0 Å². The average molecular weight is 316 g/mol. The summed E-state index contributed by atoms with van der Waals surface area (Å²) in [6.07, 6.45) is 0.549. The minimum Gasteiger partial charge on any atom is -0.491 e. The Morgan fingerprint density at radius 3 is 2.76 bits per heavy atom. The first-order valence-electron chi connectivity index (χ1n) is 6.57. The lowest BCUT2D eigenvalue weighted by molar-refractivity contribution is -0.117. The molecular weight excluding hydrogens is 299 g/mol. The highest BCUT2D eigenvalue weighted by Gasteiger charge is 2.38. The first kappa shape index (κ1) is 15.7. The summed E-state index contributed by atoms with van der Waals surface area (Å²) in [5, 5.41) is 4.14. The zero-order valence-corrected chi connectivity index (χ0v) is 12.4. The molecule has 1 fully saturated rings. The summed E-state index contributed by atoms with van der Waals surface area (Å²) in [4.78, 5) is 13.3. The second-order valence-corrected chi connectivity index (χ2v) is 6.72. The van der Waals surface area contributed by atoms with E-state index in [9.17, 15) is 17.6 Å². The molecule has 0 aliphatic carbocycles. The number of amides is 1. The third kappa shape index (κ3) is 3.51. The van der Waals surface area contributed by atoms with Crippen LogP contribution in [0.25, 0.3) is 0 Å². The summed E-state index contributed by atoms with van der Waals surface area (Å²) in [6, 6.07) is 3.79. The van der Waals surface area contributed by atoms with Crippen LogP contribution in [0.15, 0.2) is 18.2 Å². The van der Waals surface area contributed by atoms with Crippen molar-refractivity contribution < 1.29 is 22.3 Å². The number of halogens is 1. The van der Waals surface area contributed by atoms with E-state index < -0.39 is 21.1 Å². The molecule has 0 saturated carbocycles. The molecule has 0 radical (unpaired) electrons. The SMILES string of the molecule is CCCOc1cc(F)ccc1N1CC(S(N)(=O)=O)CC1=O. The lowest BCUT2D eigenvalue weighted by atomic mass is 10.2. The number of ether oxygens (including phenoxy) is 1. The predicted molar refractivity (Wildman–Crippen MR) is 76.1 cm³/mol. The molecule has 116 valence electrons. The van der Waals surface area contributed by atoms with Gasteiger partial charge in [0.15, 0.2) is 0 Å². The number of rotatable bonds is 5. The Bertz CT molecular complexity index is 648. The van der Waals surface area contributed by atoms with Gasteiger partial charge in [0.25, 0.3) is 0 Å².